The van der Waals surface area contributed by atoms with Crippen LogP contribution in [0.1, 0.15) is 33.1 Å². The summed E-state index contributed by atoms with van der Waals surface area (Å²) in [6.45, 7) is 6.17. The molecule has 0 atom stereocenters. The van der Waals surface area contributed by atoms with Crippen molar-refractivity contribution in [3.05, 3.63) is 11.6 Å². The van der Waals surface area contributed by atoms with Gasteiger partial charge in [-0.3, -0.25) is 4.99 Å². The summed E-state index contributed by atoms with van der Waals surface area (Å²) in [6, 6.07) is 0. The zero-order valence-corrected chi connectivity index (χ0v) is 8.06. The molecular weight excluding hydrogens is 148 g/mol. The zero-order chi connectivity index (χ0) is 8.81. The van der Waals surface area contributed by atoms with Crippen molar-refractivity contribution < 1.29 is 0 Å². The monoisotopic (exact) mass is 166 g/mol. The molecule has 1 N–H and O–H groups in total. The van der Waals surface area contributed by atoms with Gasteiger partial charge in [-0.15, -0.1) is 0 Å². The molecule has 0 unspecified atom stereocenters. The van der Waals surface area contributed by atoms with Crippen molar-refractivity contribution in [3.63, 3.8) is 0 Å². The highest BCUT2D eigenvalue weighted by molar-refractivity contribution is 5.82. The van der Waals surface area contributed by atoms with Crippen LogP contribution in [0.2, 0.25) is 0 Å². The number of rotatable bonds is 2. The minimum atomic E-state index is 0.932. The average molecular weight is 166 g/mol. The second-order valence-electron chi connectivity index (χ2n) is 3.45. The molecule has 0 spiro atoms. The van der Waals surface area contributed by atoms with Gasteiger partial charge in [0.1, 0.15) is 0 Å². The van der Waals surface area contributed by atoms with E-state index in [4.69, 9.17) is 0 Å². The minimum Gasteiger partial charge on any atom is -0.370 e. The fourth-order valence-electron chi connectivity index (χ4n) is 1.21. The fourth-order valence-corrected chi connectivity index (χ4v) is 1.21. The van der Waals surface area contributed by atoms with Crippen LogP contribution in [-0.4, -0.2) is 18.9 Å². The quantitative estimate of drug-likeness (QED) is 0.624. The van der Waals surface area contributed by atoms with Crippen molar-refractivity contribution in [1.82, 2.24) is 5.32 Å². The summed E-state index contributed by atoms with van der Waals surface area (Å²) in [6.07, 6.45) is 5.88. The number of aliphatic imine (C=N–C) groups is 1. The topological polar surface area (TPSA) is 24.4 Å². The Balaban J connectivity index is 2.22. The van der Waals surface area contributed by atoms with Crippen molar-refractivity contribution in [1.29, 1.82) is 0 Å². The van der Waals surface area contributed by atoms with Crippen molar-refractivity contribution in [2.75, 3.05) is 13.1 Å². The number of nitrogens with zero attached hydrogens (tertiary/aromatic N) is 1. The van der Waals surface area contributed by atoms with Gasteiger partial charge in [-0.25, -0.2) is 0 Å². The second-order valence-corrected chi connectivity index (χ2v) is 3.45. The Kier molecular flexibility index (Phi) is 3.85. The fraction of sp³-hybridized carbons (Fsp3) is 0.700. The molecule has 0 fully saturated rings. The van der Waals surface area contributed by atoms with Gasteiger partial charge in [-0.05, 0) is 26.7 Å². The Morgan fingerprint density at radius 3 is 2.92 bits per heavy atom. The van der Waals surface area contributed by atoms with E-state index in [1.165, 1.54) is 24.3 Å². The van der Waals surface area contributed by atoms with E-state index >= 15 is 0 Å². The predicted octanol–water partition coefficient (Wildman–Crippen LogP) is 2.12. The van der Waals surface area contributed by atoms with Crippen molar-refractivity contribution in [3.8, 4) is 0 Å². The van der Waals surface area contributed by atoms with E-state index in [1.54, 1.807) is 0 Å². The molecule has 12 heavy (non-hydrogen) atoms. The first kappa shape index (κ1) is 9.30. The molecule has 0 saturated carbocycles. The molecule has 2 heteroatoms. The standard InChI is InChI=1S/C10H18N2/c1-9(2)6-8-12-10-5-3-4-7-11-10/h6H,3-5,7-8H2,1-2H3,(H,11,12). The molecule has 1 heterocycles. The first-order valence-corrected chi connectivity index (χ1v) is 4.69. The second kappa shape index (κ2) is 4.96. The molecule has 2 nitrogen and oxygen atoms in total. The third-order valence-corrected chi connectivity index (χ3v) is 1.94. The van der Waals surface area contributed by atoms with E-state index in [1.807, 2.05) is 0 Å². The van der Waals surface area contributed by atoms with E-state index in [0.29, 0.717) is 0 Å². The van der Waals surface area contributed by atoms with E-state index < -0.39 is 0 Å². The molecule has 0 bridgehead atoms. The minimum absolute atomic E-state index is 0.932. The zero-order valence-electron chi connectivity index (χ0n) is 8.06. The first-order chi connectivity index (χ1) is 5.79. The number of amidine groups is 1. The van der Waals surface area contributed by atoms with Crippen LogP contribution in [0.5, 0.6) is 0 Å². The molecule has 0 aromatic heterocycles. The third kappa shape index (κ3) is 3.56. The van der Waals surface area contributed by atoms with E-state index in [2.05, 4.69) is 30.2 Å². The van der Waals surface area contributed by atoms with Gasteiger partial charge in [-0.1, -0.05) is 11.6 Å². The van der Waals surface area contributed by atoms with E-state index in [9.17, 15) is 0 Å². The predicted molar refractivity (Wildman–Crippen MR) is 53.6 cm³/mol. The summed E-state index contributed by atoms with van der Waals surface area (Å²) < 4.78 is 0. The van der Waals surface area contributed by atoms with Crippen LogP contribution >= 0.6 is 0 Å². The largest absolute Gasteiger partial charge is 0.370 e. The number of hydrogen-bond donors (Lipinski definition) is 1. The normalized spacial score (nSPS) is 16.7. The lowest BCUT2D eigenvalue weighted by atomic mass is 10.2. The van der Waals surface area contributed by atoms with Crippen LogP contribution in [0.25, 0.3) is 0 Å². The van der Waals surface area contributed by atoms with Gasteiger partial charge in [0.05, 0.1) is 5.84 Å². The van der Waals surface area contributed by atoms with Gasteiger partial charge in [0.2, 0.25) is 0 Å². The van der Waals surface area contributed by atoms with Crippen LogP contribution in [-0.2, 0) is 0 Å². The molecule has 1 aliphatic heterocycles. The van der Waals surface area contributed by atoms with Crippen LogP contribution in [0.4, 0.5) is 0 Å². The van der Waals surface area contributed by atoms with Gasteiger partial charge in [-0.2, -0.15) is 0 Å². The highest BCUT2D eigenvalue weighted by atomic mass is 15.0. The third-order valence-electron chi connectivity index (χ3n) is 1.94. The van der Waals surface area contributed by atoms with Gasteiger partial charge < -0.3 is 5.32 Å². The number of allylic oxidation sites excluding steroid dienone is 1. The summed E-state index contributed by atoms with van der Waals surface area (Å²) in [5.74, 6) is 1.19. The summed E-state index contributed by atoms with van der Waals surface area (Å²) in [7, 11) is 0. The van der Waals surface area contributed by atoms with Gasteiger partial charge >= 0.3 is 0 Å². The molecule has 0 aromatic carbocycles. The molecule has 0 aliphatic carbocycles. The van der Waals surface area contributed by atoms with Crippen molar-refractivity contribution >= 4 is 5.84 Å². The summed E-state index contributed by atoms with van der Waals surface area (Å²) >= 11 is 0. The van der Waals surface area contributed by atoms with Gasteiger partial charge in [0, 0.05) is 19.5 Å². The maximum atomic E-state index is 4.40. The molecule has 1 rings (SSSR count). The lowest BCUT2D eigenvalue weighted by molar-refractivity contribution is 0.715. The van der Waals surface area contributed by atoms with Gasteiger partial charge in [0.25, 0.3) is 0 Å². The number of nitrogens with one attached hydrogen (secondary N) is 1. The summed E-state index contributed by atoms with van der Waals surface area (Å²) in [4.78, 5) is 4.40. The molecule has 1 aliphatic rings. The van der Waals surface area contributed by atoms with Crippen molar-refractivity contribution in [2.45, 2.75) is 33.1 Å². The van der Waals surface area contributed by atoms with Crippen LogP contribution < -0.4 is 5.32 Å². The molecule has 68 valence electrons. The number of hydrogen-bond acceptors (Lipinski definition) is 2. The Morgan fingerprint density at radius 1 is 1.50 bits per heavy atom. The van der Waals surface area contributed by atoms with Gasteiger partial charge in [0.15, 0.2) is 0 Å². The molecular formula is C10H18N2. The maximum Gasteiger partial charge on any atom is 0.0965 e. The lowest BCUT2D eigenvalue weighted by Crippen LogP contribution is -2.25. The van der Waals surface area contributed by atoms with E-state index in [-0.39, 0.29) is 0 Å². The molecule has 0 radical (unpaired) electrons. The Bertz CT molecular complexity index is 188. The molecule has 0 aromatic rings. The van der Waals surface area contributed by atoms with Crippen molar-refractivity contribution in [2.24, 2.45) is 4.99 Å². The smallest absolute Gasteiger partial charge is 0.0965 e. The Morgan fingerprint density at radius 2 is 2.33 bits per heavy atom. The SMILES string of the molecule is CC(C)=CCNC1=NCCCC1. The summed E-state index contributed by atoms with van der Waals surface area (Å²) in [5.41, 5.74) is 1.36. The highest BCUT2D eigenvalue weighted by Gasteiger charge is 2.02. The Labute approximate surface area is 74.8 Å². The lowest BCUT2D eigenvalue weighted by Gasteiger charge is -2.12. The van der Waals surface area contributed by atoms with Crippen LogP contribution in [0, 0.1) is 0 Å². The molecule has 0 saturated heterocycles. The van der Waals surface area contributed by atoms with Crippen LogP contribution in [0.3, 0.4) is 0 Å². The summed E-state index contributed by atoms with van der Waals surface area (Å²) in [5, 5.41) is 3.33. The molecule has 0 amide bonds. The van der Waals surface area contributed by atoms with E-state index in [0.717, 1.165) is 19.5 Å². The average Bonchev–Trinajstić information content (AvgIpc) is 2.05. The highest BCUT2D eigenvalue weighted by Crippen LogP contribution is 2.03. The first-order valence-electron chi connectivity index (χ1n) is 4.69. The maximum absolute atomic E-state index is 4.40. The van der Waals surface area contributed by atoms with Crippen LogP contribution in [0.15, 0.2) is 16.6 Å². The Hall–Kier alpha value is -0.790.